The van der Waals surface area contributed by atoms with Crippen molar-refractivity contribution in [3.63, 3.8) is 0 Å². The van der Waals surface area contributed by atoms with Gasteiger partial charge in [0.25, 0.3) is 5.91 Å². The summed E-state index contributed by atoms with van der Waals surface area (Å²) in [6.45, 7) is 5.43. The van der Waals surface area contributed by atoms with E-state index < -0.39 is 0 Å². The molecule has 1 amide bonds. The molecule has 104 valence electrons. The van der Waals surface area contributed by atoms with E-state index in [4.69, 9.17) is 0 Å². The number of hydrogen-bond donors (Lipinski definition) is 0. The van der Waals surface area contributed by atoms with Crippen LogP contribution in [0.3, 0.4) is 0 Å². The first-order valence-corrected chi connectivity index (χ1v) is 7.15. The second-order valence-electron chi connectivity index (χ2n) is 5.41. The van der Waals surface area contributed by atoms with Gasteiger partial charge in [-0.05, 0) is 33.4 Å². The van der Waals surface area contributed by atoms with Crippen LogP contribution in [0.15, 0.2) is 0 Å². The Morgan fingerprint density at radius 1 is 1.21 bits per heavy atom. The molecule has 0 aromatic carbocycles. The van der Waals surface area contributed by atoms with E-state index in [9.17, 15) is 4.79 Å². The van der Waals surface area contributed by atoms with Gasteiger partial charge < -0.3 is 9.47 Å². The third kappa shape index (κ3) is 2.04. The van der Waals surface area contributed by atoms with E-state index >= 15 is 0 Å². The molecule has 3 rings (SSSR count). The summed E-state index contributed by atoms with van der Waals surface area (Å²) in [6.07, 6.45) is 3.59. The fourth-order valence-corrected chi connectivity index (χ4v) is 3.11. The molecule has 1 aromatic heterocycles. The molecular formula is C13H21N5O. The highest BCUT2D eigenvalue weighted by Crippen LogP contribution is 2.29. The molecule has 6 heteroatoms. The van der Waals surface area contributed by atoms with Crippen LogP contribution >= 0.6 is 0 Å². The molecule has 2 aliphatic heterocycles. The number of likely N-dealkylation sites (tertiary alicyclic amines) is 1. The molecule has 0 spiro atoms. The van der Waals surface area contributed by atoms with E-state index in [1.165, 1.54) is 12.8 Å². The third-order valence-electron chi connectivity index (χ3n) is 4.30. The van der Waals surface area contributed by atoms with Crippen LogP contribution in [0.25, 0.3) is 0 Å². The van der Waals surface area contributed by atoms with Crippen molar-refractivity contribution in [3.05, 3.63) is 11.6 Å². The van der Waals surface area contributed by atoms with Gasteiger partial charge in [-0.25, -0.2) is 0 Å². The van der Waals surface area contributed by atoms with Gasteiger partial charge in [0.15, 0.2) is 5.82 Å². The SMILES string of the molecule is CCN1CCn2c(nnc2C2CCCCN2C)C1=O. The van der Waals surface area contributed by atoms with Crippen molar-refractivity contribution >= 4 is 5.91 Å². The Hall–Kier alpha value is -1.43. The Labute approximate surface area is 113 Å². The largest absolute Gasteiger partial charge is 0.334 e. The summed E-state index contributed by atoms with van der Waals surface area (Å²) in [7, 11) is 2.13. The molecule has 0 bridgehead atoms. The lowest BCUT2D eigenvalue weighted by Crippen LogP contribution is -2.41. The lowest BCUT2D eigenvalue weighted by molar-refractivity contribution is 0.0701. The number of aromatic nitrogens is 3. The summed E-state index contributed by atoms with van der Waals surface area (Å²) in [6, 6.07) is 0.316. The monoisotopic (exact) mass is 263 g/mol. The van der Waals surface area contributed by atoms with Crippen molar-refractivity contribution in [2.45, 2.75) is 38.8 Å². The maximum absolute atomic E-state index is 12.2. The zero-order valence-electron chi connectivity index (χ0n) is 11.7. The minimum absolute atomic E-state index is 0.0194. The summed E-state index contributed by atoms with van der Waals surface area (Å²) in [4.78, 5) is 16.4. The van der Waals surface area contributed by atoms with E-state index in [-0.39, 0.29) is 5.91 Å². The number of hydrogen-bond acceptors (Lipinski definition) is 4. The first-order valence-electron chi connectivity index (χ1n) is 7.15. The Balaban J connectivity index is 1.91. The topological polar surface area (TPSA) is 54.3 Å². The second-order valence-corrected chi connectivity index (χ2v) is 5.41. The van der Waals surface area contributed by atoms with Crippen molar-refractivity contribution < 1.29 is 4.79 Å². The number of fused-ring (bicyclic) bond motifs is 1. The van der Waals surface area contributed by atoms with E-state index in [0.29, 0.717) is 11.9 Å². The van der Waals surface area contributed by atoms with E-state index in [2.05, 4.69) is 22.1 Å². The Kier molecular flexibility index (Phi) is 3.26. The molecule has 1 atom stereocenters. The number of carbonyl (C=O) groups is 1. The minimum Gasteiger partial charge on any atom is -0.334 e. The van der Waals surface area contributed by atoms with E-state index in [1.807, 2.05) is 16.4 Å². The lowest BCUT2D eigenvalue weighted by atomic mass is 10.0. The smallest absolute Gasteiger partial charge is 0.291 e. The number of likely N-dealkylation sites (N-methyl/N-ethyl adjacent to an activating group) is 1. The van der Waals surface area contributed by atoms with Gasteiger partial charge >= 0.3 is 0 Å². The molecule has 1 fully saturated rings. The highest BCUT2D eigenvalue weighted by molar-refractivity contribution is 5.91. The third-order valence-corrected chi connectivity index (χ3v) is 4.30. The van der Waals surface area contributed by atoms with E-state index in [1.54, 1.807) is 0 Å². The molecule has 1 unspecified atom stereocenters. The number of amides is 1. The molecule has 0 radical (unpaired) electrons. The summed E-state index contributed by atoms with van der Waals surface area (Å²) >= 11 is 0. The second kappa shape index (κ2) is 4.92. The average Bonchev–Trinajstić information content (AvgIpc) is 2.84. The van der Waals surface area contributed by atoms with Crippen molar-refractivity contribution in [1.29, 1.82) is 0 Å². The molecule has 1 aromatic rings. The van der Waals surface area contributed by atoms with Crippen LogP contribution in [0.4, 0.5) is 0 Å². The average molecular weight is 263 g/mol. The van der Waals surface area contributed by atoms with Crippen molar-refractivity contribution in [3.8, 4) is 0 Å². The fraction of sp³-hybridized carbons (Fsp3) is 0.769. The van der Waals surface area contributed by atoms with Gasteiger partial charge in [-0.15, -0.1) is 10.2 Å². The zero-order chi connectivity index (χ0) is 13.4. The van der Waals surface area contributed by atoms with Crippen LogP contribution in [-0.4, -0.2) is 57.2 Å². The predicted octanol–water partition coefficient (Wildman–Crippen LogP) is 0.911. The molecule has 6 nitrogen and oxygen atoms in total. The molecule has 3 heterocycles. The van der Waals surface area contributed by atoms with Gasteiger partial charge in [-0.1, -0.05) is 6.42 Å². The molecule has 0 saturated carbocycles. The number of nitrogens with zero attached hydrogens (tertiary/aromatic N) is 5. The highest BCUT2D eigenvalue weighted by atomic mass is 16.2. The van der Waals surface area contributed by atoms with Crippen molar-refractivity contribution in [1.82, 2.24) is 24.6 Å². The normalized spacial score (nSPS) is 24.6. The van der Waals surface area contributed by atoms with Gasteiger partial charge in [0.2, 0.25) is 5.82 Å². The van der Waals surface area contributed by atoms with Gasteiger partial charge in [-0.3, -0.25) is 9.69 Å². The summed E-state index contributed by atoms with van der Waals surface area (Å²) < 4.78 is 2.03. The van der Waals surface area contributed by atoms with Crippen molar-refractivity contribution in [2.24, 2.45) is 0 Å². The fourth-order valence-electron chi connectivity index (χ4n) is 3.11. The molecular weight excluding hydrogens is 242 g/mol. The maximum atomic E-state index is 12.2. The maximum Gasteiger partial charge on any atom is 0.291 e. The summed E-state index contributed by atoms with van der Waals surface area (Å²) in [5, 5.41) is 8.46. The zero-order valence-corrected chi connectivity index (χ0v) is 11.7. The van der Waals surface area contributed by atoms with Crippen LogP contribution in [0.2, 0.25) is 0 Å². The van der Waals surface area contributed by atoms with Crippen molar-refractivity contribution in [2.75, 3.05) is 26.7 Å². The number of rotatable bonds is 2. The van der Waals surface area contributed by atoms with Gasteiger partial charge in [0.1, 0.15) is 0 Å². The quantitative estimate of drug-likeness (QED) is 0.796. The Bertz CT molecular complexity index is 483. The van der Waals surface area contributed by atoms with Gasteiger partial charge in [0, 0.05) is 19.6 Å². The summed E-state index contributed by atoms with van der Waals surface area (Å²) in [5.41, 5.74) is 0. The van der Waals surface area contributed by atoms with Gasteiger partial charge in [-0.2, -0.15) is 0 Å². The van der Waals surface area contributed by atoms with Crippen LogP contribution < -0.4 is 0 Å². The van der Waals surface area contributed by atoms with Gasteiger partial charge in [0.05, 0.1) is 6.04 Å². The standard InChI is InChI=1S/C13H21N5O/c1-3-17-8-9-18-11(14-15-12(18)13(17)19)10-6-4-5-7-16(10)2/h10H,3-9H2,1-2H3. The minimum atomic E-state index is 0.0194. The van der Waals surface area contributed by atoms with Crippen LogP contribution in [0.1, 0.15) is 48.7 Å². The Morgan fingerprint density at radius 2 is 2.05 bits per heavy atom. The molecule has 1 saturated heterocycles. The molecule has 2 aliphatic rings. The highest BCUT2D eigenvalue weighted by Gasteiger charge is 2.32. The molecule has 0 aliphatic carbocycles. The van der Waals surface area contributed by atoms with E-state index in [0.717, 1.165) is 38.4 Å². The van der Waals surface area contributed by atoms with Crippen LogP contribution in [0, 0.1) is 0 Å². The lowest BCUT2D eigenvalue weighted by Gasteiger charge is -2.33. The molecule has 19 heavy (non-hydrogen) atoms. The van der Waals surface area contributed by atoms with Crippen LogP contribution in [0.5, 0.6) is 0 Å². The number of piperidine rings is 1. The first-order chi connectivity index (χ1) is 9.22. The predicted molar refractivity (Wildman–Crippen MR) is 70.8 cm³/mol. The summed E-state index contributed by atoms with van der Waals surface area (Å²) in [5.74, 6) is 1.51. The number of carbonyl (C=O) groups excluding carboxylic acids is 1. The Morgan fingerprint density at radius 3 is 2.79 bits per heavy atom. The first kappa shape index (κ1) is 12.6. The van der Waals surface area contributed by atoms with Crippen LogP contribution in [-0.2, 0) is 6.54 Å². The molecule has 0 N–H and O–H groups in total.